The molecular formula is C10H8N2S. The average Bonchev–Trinajstić information content (AvgIpc) is 2.65. The molecule has 0 aromatic carbocycles. The van der Waals surface area contributed by atoms with Crippen LogP contribution in [0.4, 0.5) is 0 Å². The topological polar surface area (TPSA) is 16.1 Å². The van der Waals surface area contributed by atoms with Gasteiger partial charge in [-0.1, -0.05) is 12.2 Å². The minimum Gasteiger partial charge on any atom is -0.343 e. The maximum absolute atomic E-state index is 4.29. The molecule has 0 atom stereocenters. The van der Waals surface area contributed by atoms with Gasteiger partial charge in [0.05, 0.1) is 21.8 Å². The molecule has 0 aliphatic carbocycles. The largest absolute Gasteiger partial charge is 0.343 e. The number of allylic oxidation sites excluding steroid dienone is 2. The van der Waals surface area contributed by atoms with Gasteiger partial charge in [0.15, 0.2) is 0 Å². The van der Waals surface area contributed by atoms with Crippen LogP contribution < -0.4 is 0 Å². The number of fused-ring (bicyclic) bond motifs is 3. The van der Waals surface area contributed by atoms with Gasteiger partial charge in [-0.25, -0.2) is 4.98 Å². The lowest BCUT2D eigenvalue weighted by Gasteiger charge is -2.26. The van der Waals surface area contributed by atoms with Crippen LogP contribution >= 0.6 is 11.3 Å². The average molecular weight is 188 g/mol. The zero-order valence-corrected chi connectivity index (χ0v) is 7.79. The molecule has 3 heteroatoms. The fraction of sp³-hybridized carbons (Fsp3) is 0.100. The highest BCUT2D eigenvalue weighted by Crippen LogP contribution is 2.32. The van der Waals surface area contributed by atoms with E-state index in [1.165, 1.54) is 10.6 Å². The lowest BCUT2D eigenvalue weighted by Crippen LogP contribution is -2.19. The van der Waals surface area contributed by atoms with Crippen molar-refractivity contribution in [3.63, 3.8) is 0 Å². The van der Waals surface area contributed by atoms with Gasteiger partial charge >= 0.3 is 0 Å². The summed E-state index contributed by atoms with van der Waals surface area (Å²) in [5.41, 5.74) is 4.28. The molecule has 0 unspecified atom stereocenters. The monoisotopic (exact) mass is 188 g/mol. The second-order valence-corrected chi connectivity index (χ2v) is 3.87. The van der Waals surface area contributed by atoms with Gasteiger partial charge in [0.2, 0.25) is 0 Å². The fourth-order valence-corrected chi connectivity index (χ4v) is 2.42. The number of rotatable bonds is 0. The Kier molecular flexibility index (Phi) is 1.40. The molecule has 0 amide bonds. The third-order valence-electron chi connectivity index (χ3n) is 2.24. The molecule has 0 saturated heterocycles. The molecule has 1 aromatic rings. The first-order valence-corrected chi connectivity index (χ1v) is 5.08. The Hall–Kier alpha value is -1.35. The Morgan fingerprint density at radius 1 is 1.46 bits per heavy atom. The Bertz CT molecular complexity index is 426. The molecule has 2 nitrogen and oxygen atoms in total. The molecule has 64 valence electrons. The van der Waals surface area contributed by atoms with Crippen LogP contribution in [0, 0.1) is 0 Å². The number of nitrogens with zero attached hydrogens (tertiary/aromatic N) is 2. The quantitative estimate of drug-likeness (QED) is 0.621. The van der Waals surface area contributed by atoms with Crippen LogP contribution in [-0.2, 0) is 0 Å². The standard InChI is InChI=1S/C10H8N2S/c1-2-5-12-6-4-8-10(9(12)3-1)13-7-11-8/h1-4,6-7H,5H2. The number of hydrogen-bond acceptors (Lipinski definition) is 3. The summed E-state index contributed by atoms with van der Waals surface area (Å²) in [6.07, 6.45) is 10.6. The van der Waals surface area contributed by atoms with Crippen LogP contribution in [-0.4, -0.2) is 16.4 Å². The lowest BCUT2D eigenvalue weighted by atomic mass is 10.1. The van der Waals surface area contributed by atoms with Crippen LogP contribution in [0.25, 0.3) is 11.8 Å². The second-order valence-electron chi connectivity index (χ2n) is 3.01. The molecule has 0 bridgehead atoms. The van der Waals surface area contributed by atoms with Gasteiger partial charge in [-0.05, 0) is 12.2 Å². The van der Waals surface area contributed by atoms with Gasteiger partial charge in [0, 0.05) is 12.7 Å². The Labute approximate surface area is 80.5 Å². The van der Waals surface area contributed by atoms with E-state index in [2.05, 4.69) is 40.4 Å². The van der Waals surface area contributed by atoms with Gasteiger partial charge in [-0.15, -0.1) is 11.3 Å². The molecule has 3 heterocycles. The van der Waals surface area contributed by atoms with Crippen molar-refractivity contribution < 1.29 is 0 Å². The first kappa shape index (κ1) is 7.09. The summed E-state index contributed by atoms with van der Waals surface area (Å²) < 4.78 is 0. The summed E-state index contributed by atoms with van der Waals surface area (Å²) in [6.45, 7) is 0.972. The van der Waals surface area contributed by atoms with E-state index in [0.29, 0.717) is 0 Å². The second kappa shape index (κ2) is 2.57. The van der Waals surface area contributed by atoms with Crippen molar-refractivity contribution in [3.05, 3.63) is 40.5 Å². The maximum Gasteiger partial charge on any atom is 0.0847 e. The summed E-state index contributed by atoms with van der Waals surface area (Å²) in [7, 11) is 0. The van der Waals surface area contributed by atoms with E-state index < -0.39 is 0 Å². The van der Waals surface area contributed by atoms with Gasteiger partial charge in [-0.3, -0.25) is 0 Å². The highest BCUT2D eigenvalue weighted by Gasteiger charge is 2.18. The SMILES string of the molecule is C1=CCN2C=Cc3ncsc3C2=C1. The Balaban J connectivity index is 2.21. The van der Waals surface area contributed by atoms with Crippen molar-refractivity contribution >= 4 is 23.1 Å². The molecular weight excluding hydrogens is 180 g/mol. The zero-order chi connectivity index (χ0) is 8.67. The summed E-state index contributed by atoms with van der Waals surface area (Å²) in [5, 5.41) is 0. The van der Waals surface area contributed by atoms with Crippen molar-refractivity contribution in [1.29, 1.82) is 0 Å². The first-order chi connectivity index (χ1) is 6.45. The summed E-state index contributed by atoms with van der Waals surface area (Å²) >= 11 is 1.70. The van der Waals surface area contributed by atoms with E-state index >= 15 is 0 Å². The van der Waals surface area contributed by atoms with Crippen LogP contribution in [0.1, 0.15) is 10.6 Å². The molecule has 0 saturated carbocycles. The summed E-state index contributed by atoms with van der Waals surface area (Å²) in [6, 6.07) is 0. The number of thiazole rings is 1. The molecule has 0 spiro atoms. The van der Waals surface area contributed by atoms with Crippen molar-refractivity contribution in [2.75, 3.05) is 6.54 Å². The van der Waals surface area contributed by atoms with Crippen LogP contribution in [0.5, 0.6) is 0 Å². The molecule has 0 fully saturated rings. The lowest BCUT2D eigenvalue weighted by molar-refractivity contribution is 0.588. The minimum absolute atomic E-state index is 0.972. The van der Waals surface area contributed by atoms with Crippen molar-refractivity contribution in [1.82, 2.24) is 9.88 Å². The van der Waals surface area contributed by atoms with E-state index in [9.17, 15) is 0 Å². The van der Waals surface area contributed by atoms with Crippen molar-refractivity contribution in [2.24, 2.45) is 0 Å². The molecule has 0 radical (unpaired) electrons. The molecule has 3 rings (SSSR count). The van der Waals surface area contributed by atoms with Gasteiger partial charge in [0.25, 0.3) is 0 Å². The zero-order valence-electron chi connectivity index (χ0n) is 6.97. The van der Waals surface area contributed by atoms with E-state index in [0.717, 1.165) is 12.2 Å². The molecule has 13 heavy (non-hydrogen) atoms. The van der Waals surface area contributed by atoms with Crippen LogP contribution in [0.15, 0.2) is 29.9 Å². The van der Waals surface area contributed by atoms with Gasteiger partial charge in [-0.2, -0.15) is 0 Å². The van der Waals surface area contributed by atoms with Crippen molar-refractivity contribution in [2.45, 2.75) is 0 Å². The predicted molar refractivity (Wildman–Crippen MR) is 55.0 cm³/mol. The first-order valence-electron chi connectivity index (χ1n) is 4.21. The Morgan fingerprint density at radius 3 is 3.46 bits per heavy atom. The maximum atomic E-state index is 4.29. The van der Waals surface area contributed by atoms with E-state index in [4.69, 9.17) is 0 Å². The Morgan fingerprint density at radius 2 is 2.46 bits per heavy atom. The normalized spacial score (nSPS) is 18.2. The smallest absolute Gasteiger partial charge is 0.0847 e. The third kappa shape index (κ3) is 0.971. The molecule has 2 aliphatic rings. The van der Waals surface area contributed by atoms with Gasteiger partial charge in [0.1, 0.15) is 0 Å². The van der Waals surface area contributed by atoms with E-state index in [-0.39, 0.29) is 0 Å². The third-order valence-corrected chi connectivity index (χ3v) is 3.11. The highest BCUT2D eigenvalue weighted by molar-refractivity contribution is 7.11. The van der Waals surface area contributed by atoms with Gasteiger partial charge < -0.3 is 4.90 Å². The van der Waals surface area contributed by atoms with E-state index in [1.807, 2.05) is 5.51 Å². The fourth-order valence-electron chi connectivity index (χ4n) is 1.60. The molecule has 1 aromatic heterocycles. The minimum atomic E-state index is 0.972. The number of hydrogen-bond donors (Lipinski definition) is 0. The molecule has 0 N–H and O–H groups in total. The predicted octanol–water partition coefficient (Wildman–Crippen LogP) is 2.34. The van der Waals surface area contributed by atoms with E-state index in [1.54, 1.807) is 11.3 Å². The highest BCUT2D eigenvalue weighted by atomic mass is 32.1. The van der Waals surface area contributed by atoms with Crippen molar-refractivity contribution in [3.8, 4) is 0 Å². The molecule has 2 aliphatic heterocycles. The van der Waals surface area contributed by atoms with Crippen LogP contribution in [0.2, 0.25) is 0 Å². The van der Waals surface area contributed by atoms with Crippen LogP contribution in [0.3, 0.4) is 0 Å². The number of aromatic nitrogens is 1. The summed E-state index contributed by atoms with van der Waals surface area (Å²) in [4.78, 5) is 7.81. The summed E-state index contributed by atoms with van der Waals surface area (Å²) in [5.74, 6) is 0.